The van der Waals surface area contributed by atoms with Crippen molar-refractivity contribution >= 4 is 34.2 Å². The predicted molar refractivity (Wildman–Crippen MR) is 65.9 cm³/mol. The predicted octanol–water partition coefficient (Wildman–Crippen LogP) is 2.75. The van der Waals surface area contributed by atoms with Gasteiger partial charge in [0.2, 0.25) is 0 Å². The van der Waals surface area contributed by atoms with Crippen LogP contribution in [0.5, 0.6) is 0 Å². The number of rotatable bonds is 4. The Kier molecular flexibility index (Phi) is 3.20. The highest BCUT2D eigenvalue weighted by molar-refractivity contribution is 6.36. The third-order valence-corrected chi connectivity index (χ3v) is 2.96. The molecule has 0 aliphatic rings. The van der Waals surface area contributed by atoms with Crippen LogP contribution in [0.15, 0.2) is 18.3 Å². The number of aliphatic carboxylic acids is 1. The van der Waals surface area contributed by atoms with Crippen molar-refractivity contribution in [2.45, 2.75) is 12.8 Å². The molecule has 1 heterocycles. The number of carbonyl (C=O) groups is 1. The van der Waals surface area contributed by atoms with Gasteiger partial charge in [-0.2, -0.15) is 0 Å². The molecular weight excluding hydrogens is 260 g/mol. The number of nitrogens with one attached hydrogen (secondary N) is 1. The van der Waals surface area contributed by atoms with Gasteiger partial charge in [-0.05, 0) is 18.1 Å². The highest BCUT2D eigenvalue weighted by Crippen LogP contribution is 2.33. The Morgan fingerprint density at radius 2 is 2.22 bits per heavy atom. The number of halogens is 1. The van der Waals surface area contributed by atoms with Crippen LogP contribution in [0.4, 0.5) is 5.69 Å². The first kappa shape index (κ1) is 12.4. The Bertz CT molecular complexity index is 635. The minimum Gasteiger partial charge on any atom is -0.481 e. The lowest BCUT2D eigenvalue weighted by Crippen LogP contribution is -1.97. The zero-order valence-electron chi connectivity index (χ0n) is 9.14. The maximum absolute atomic E-state index is 10.8. The number of carboxylic acids is 1. The van der Waals surface area contributed by atoms with Gasteiger partial charge in [0, 0.05) is 24.1 Å². The molecule has 0 saturated carbocycles. The first-order valence-corrected chi connectivity index (χ1v) is 5.53. The van der Waals surface area contributed by atoms with Crippen molar-refractivity contribution in [3.05, 3.63) is 39.0 Å². The molecule has 0 saturated heterocycles. The Labute approximate surface area is 106 Å². The fourth-order valence-electron chi connectivity index (χ4n) is 1.85. The highest BCUT2D eigenvalue weighted by Gasteiger charge is 2.18. The van der Waals surface area contributed by atoms with Crippen molar-refractivity contribution in [3.63, 3.8) is 0 Å². The van der Waals surface area contributed by atoms with E-state index in [0.717, 1.165) is 0 Å². The molecule has 0 aliphatic heterocycles. The fraction of sp³-hybridized carbons (Fsp3) is 0.182. The van der Waals surface area contributed by atoms with E-state index in [1.807, 2.05) is 0 Å². The van der Waals surface area contributed by atoms with E-state index in [9.17, 15) is 14.9 Å². The molecule has 6 nitrogen and oxygen atoms in total. The lowest BCUT2D eigenvalue weighted by Gasteiger charge is -2.00. The standard InChI is InChI=1S/C11H9ClN2O4/c12-7-2-3-8(14(17)18)11-10(7)6(5-13-11)1-4-9(15)16/h2-3,5,13H,1,4H2,(H,15,16). The number of carboxylic acid groups (broad SMARTS) is 1. The molecule has 0 aliphatic carbocycles. The minimum atomic E-state index is -0.925. The summed E-state index contributed by atoms with van der Waals surface area (Å²) in [6.07, 6.45) is 1.79. The smallest absolute Gasteiger partial charge is 0.303 e. The summed E-state index contributed by atoms with van der Waals surface area (Å²) in [6, 6.07) is 2.77. The van der Waals surface area contributed by atoms with E-state index in [1.54, 1.807) is 6.20 Å². The molecule has 0 fully saturated rings. The first-order chi connectivity index (χ1) is 8.50. The first-order valence-electron chi connectivity index (χ1n) is 5.15. The van der Waals surface area contributed by atoms with Crippen LogP contribution in [-0.2, 0) is 11.2 Å². The van der Waals surface area contributed by atoms with Crippen LogP contribution in [0.3, 0.4) is 0 Å². The van der Waals surface area contributed by atoms with E-state index in [1.165, 1.54) is 12.1 Å². The topological polar surface area (TPSA) is 96.2 Å². The largest absolute Gasteiger partial charge is 0.481 e. The summed E-state index contributed by atoms with van der Waals surface area (Å²) in [5.41, 5.74) is 0.921. The average Bonchev–Trinajstić information content (AvgIpc) is 2.71. The van der Waals surface area contributed by atoms with Gasteiger partial charge in [-0.3, -0.25) is 14.9 Å². The molecule has 0 unspecified atom stereocenters. The molecule has 2 rings (SSSR count). The summed E-state index contributed by atoms with van der Waals surface area (Å²) in [7, 11) is 0. The van der Waals surface area contributed by atoms with Crippen molar-refractivity contribution in [1.29, 1.82) is 0 Å². The second-order valence-corrected chi connectivity index (χ2v) is 4.19. The number of nitro groups is 1. The fourth-order valence-corrected chi connectivity index (χ4v) is 2.13. The Morgan fingerprint density at radius 3 is 2.83 bits per heavy atom. The molecular formula is C11H9ClN2O4. The number of non-ortho nitro benzene ring substituents is 1. The number of nitrogens with zero attached hydrogens (tertiary/aromatic N) is 1. The molecule has 2 aromatic rings. The van der Waals surface area contributed by atoms with Crippen molar-refractivity contribution in [3.8, 4) is 0 Å². The Balaban J connectivity index is 2.54. The zero-order chi connectivity index (χ0) is 13.3. The summed E-state index contributed by atoms with van der Waals surface area (Å²) in [5.74, 6) is -0.925. The van der Waals surface area contributed by atoms with Gasteiger partial charge in [0.1, 0.15) is 5.52 Å². The van der Waals surface area contributed by atoms with Crippen LogP contribution < -0.4 is 0 Å². The number of H-pyrrole nitrogens is 1. The van der Waals surface area contributed by atoms with Gasteiger partial charge >= 0.3 is 5.97 Å². The van der Waals surface area contributed by atoms with E-state index in [2.05, 4.69) is 4.98 Å². The molecule has 0 atom stereocenters. The normalized spacial score (nSPS) is 10.7. The molecule has 1 aromatic heterocycles. The van der Waals surface area contributed by atoms with Crippen LogP contribution in [0.1, 0.15) is 12.0 Å². The summed E-state index contributed by atoms with van der Waals surface area (Å²) < 4.78 is 0. The number of benzene rings is 1. The van der Waals surface area contributed by atoms with Crippen LogP contribution in [0.2, 0.25) is 5.02 Å². The molecule has 7 heteroatoms. The Morgan fingerprint density at radius 1 is 1.50 bits per heavy atom. The van der Waals surface area contributed by atoms with Crippen molar-refractivity contribution in [2.24, 2.45) is 0 Å². The van der Waals surface area contributed by atoms with E-state index < -0.39 is 10.9 Å². The Hall–Kier alpha value is -2.08. The molecule has 18 heavy (non-hydrogen) atoms. The average molecular weight is 269 g/mol. The lowest BCUT2D eigenvalue weighted by atomic mass is 10.1. The monoisotopic (exact) mass is 268 g/mol. The van der Waals surface area contributed by atoms with E-state index in [0.29, 0.717) is 21.5 Å². The third kappa shape index (κ3) is 2.14. The van der Waals surface area contributed by atoms with Crippen molar-refractivity contribution in [2.75, 3.05) is 0 Å². The lowest BCUT2D eigenvalue weighted by molar-refractivity contribution is -0.383. The molecule has 1 aromatic carbocycles. The quantitative estimate of drug-likeness (QED) is 0.658. The van der Waals surface area contributed by atoms with Gasteiger partial charge in [-0.15, -0.1) is 0 Å². The number of aromatic amines is 1. The second kappa shape index (κ2) is 4.66. The minimum absolute atomic E-state index is 0.0496. The van der Waals surface area contributed by atoms with E-state index >= 15 is 0 Å². The number of hydrogen-bond donors (Lipinski definition) is 2. The van der Waals surface area contributed by atoms with E-state index in [4.69, 9.17) is 16.7 Å². The zero-order valence-corrected chi connectivity index (χ0v) is 9.90. The maximum atomic E-state index is 10.8. The summed E-state index contributed by atoms with van der Waals surface area (Å²) in [5, 5.41) is 20.4. The number of aryl methyl sites for hydroxylation is 1. The number of nitro benzene ring substituents is 1. The van der Waals surface area contributed by atoms with Crippen LogP contribution in [0.25, 0.3) is 10.9 Å². The molecule has 0 amide bonds. The van der Waals surface area contributed by atoms with Crippen molar-refractivity contribution < 1.29 is 14.8 Å². The van der Waals surface area contributed by atoms with Gasteiger partial charge in [-0.25, -0.2) is 0 Å². The molecule has 0 spiro atoms. The van der Waals surface area contributed by atoms with Gasteiger partial charge in [0.15, 0.2) is 0 Å². The number of hydrogen-bond acceptors (Lipinski definition) is 3. The summed E-state index contributed by atoms with van der Waals surface area (Å²) in [4.78, 5) is 23.7. The number of aromatic nitrogens is 1. The van der Waals surface area contributed by atoms with Crippen LogP contribution in [0, 0.1) is 10.1 Å². The molecule has 2 N–H and O–H groups in total. The maximum Gasteiger partial charge on any atom is 0.303 e. The van der Waals surface area contributed by atoms with Crippen LogP contribution in [-0.4, -0.2) is 21.0 Å². The SMILES string of the molecule is O=C(O)CCc1c[nH]c2c([N+](=O)[O-])ccc(Cl)c12. The van der Waals surface area contributed by atoms with Gasteiger partial charge in [0.05, 0.1) is 9.95 Å². The molecule has 0 radical (unpaired) electrons. The molecule has 94 valence electrons. The number of fused-ring (bicyclic) bond motifs is 1. The van der Waals surface area contributed by atoms with Gasteiger partial charge < -0.3 is 10.1 Å². The molecule has 0 bridgehead atoms. The van der Waals surface area contributed by atoms with Gasteiger partial charge in [-0.1, -0.05) is 11.6 Å². The second-order valence-electron chi connectivity index (χ2n) is 3.78. The van der Waals surface area contributed by atoms with E-state index in [-0.39, 0.29) is 18.5 Å². The summed E-state index contributed by atoms with van der Waals surface area (Å²) >= 11 is 6.01. The summed E-state index contributed by atoms with van der Waals surface area (Å²) in [6.45, 7) is 0. The van der Waals surface area contributed by atoms with Crippen LogP contribution >= 0.6 is 11.6 Å². The third-order valence-electron chi connectivity index (χ3n) is 2.65. The van der Waals surface area contributed by atoms with Gasteiger partial charge in [0.25, 0.3) is 5.69 Å². The highest BCUT2D eigenvalue weighted by atomic mass is 35.5. The van der Waals surface area contributed by atoms with Crippen molar-refractivity contribution in [1.82, 2.24) is 4.98 Å².